The highest BCUT2D eigenvalue weighted by Gasteiger charge is 2.14. The minimum absolute atomic E-state index is 0.505. The zero-order chi connectivity index (χ0) is 18.8. The van der Waals surface area contributed by atoms with E-state index < -0.39 is 0 Å². The van der Waals surface area contributed by atoms with Crippen molar-refractivity contribution in [1.82, 2.24) is 24.9 Å². The van der Waals surface area contributed by atoms with E-state index in [-0.39, 0.29) is 0 Å². The molecular formula is C19H16ClN5OS. The zero-order valence-electron chi connectivity index (χ0n) is 14.8. The second-order valence-electron chi connectivity index (χ2n) is 6.01. The first kappa shape index (κ1) is 17.8. The number of aromatic nitrogens is 5. The van der Waals surface area contributed by atoms with Gasteiger partial charge in [-0.2, -0.15) is 4.98 Å². The van der Waals surface area contributed by atoms with Crippen LogP contribution in [0.25, 0.3) is 17.1 Å². The number of benzene rings is 2. The lowest BCUT2D eigenvalue weighted by atomic mass is 10.2. The number of nitrogens with zero attached hydrogens (tertiary/aromatic N) is 5. The highest BCUT2D eigenvalue weighted by atomic mass is 35.5. The third kappa shape index (κ3) is 3.89. The Morgan fingerprint density at radius 2 is 1.74 bits per heavy atom. The van der Waals surface area contributed by atoms with Crippen molar-refractivity contribution in [3.8, 4) is 17.1 Å². The molecule has 0 radical (unpaired) electrons. The molecule has 0 amide bonds. The number of thioether (sulfide) groups is 1. The van der Waals surface area contributed by atoms with Crippen molar-refractivity contribution < 1.29 is 4.52 Å². The van der Waals surface area contributed by atoms with Crippen LogP contribution in [0.2, 0.25) is 5.02 Å². The van der Waals surface area contributed by atoms with E-state index in [1.807, 2.05) is 23.6 Å². The summed E-state index contributed by atoms with van der Waals surface area (Å²) in [6.45, 7) is 3.99. The van der Waals surface area contributed by atoms with Crippen LogP contribution in [0, 0.1) is 13.8 Å². The topological polar surface area (TPSA) is 69.6 Å². The molecule has 136 valence electrons. The van der Waals surface area contributed by atoms with Crippen molar-refractivity contribution in [2.24, 2.45) is 0 Å². The first-order valence-electron chi connectivity index (χ1n) is 8.30. The maximum atomic E-state index is 5.92. The minimum Gasteiger partial charge on any atom is -0.338 e. The molecule has 0 N–H and O–H groups in total. The van der Waals surface area contributed by atoms with E-state index in [1.165, 1.54) is 17.3 Å². The first-order valence-corrected chi connectivity index (χ1v) is 9.67. The molecule has 0 fully saturated rings. The van der Waals surface area contributed by atoms with Gasteiger partial charge < -0.3 is 4.52 Å². The summed E-state index contributed by atoms with van der Waals surface area (Å²) in [5.41, 5.74) is 3.09. The van der Waals surface area contributed by atoms with Gasteiger partial charge in [-0.25, -0.2) is 0 Å². The van der Waals surface area contributed by atoms with Gasteiger partial charge in [-0.3, -0.25) is 4.57 Å². The third-order valence-corrected chi connectivity index (χ3v) is 5.15. The number of rotatable bonds is 5. The molecule has 2 aromatic carbocycles. The molecule has 0 aliphatic carbocycles. The molecule has 0 spiro atoms. The lowest BCUT2D eigenvalue weighted by Crippen LogP contribution is -1.99. The number of aryl methyl sites for hydroxylation is 2. The summed E-state index contributed by atoms with van der Waals surface area (Å²) < 4.78 is 7.38. The van der Waals surface area contributed by atoms with Crippen LogP contribution in [0.4, 0.5) is 0 Å². The Hall–Kier alpha value is -2.64. The average molecular weight is 398 g/mol. The summed E-state index contributed by atoms with van der Waals surface area (Å²) in [6.07, 6.45) is 0. The van der Waals surface area contributed by atoms with Crippen molar-refractivity contribution >= 4 is 23.4 Å². The van der Waals surface area contributed by atoms with Gasteiger partial charge in [-0.15, -0.1) is 10.2 Å². The lowest BCUT2D eigenvalue weighted by Gasteiger charge is -2.07. The summed E-state index contributed by atoms with van der Waals surface area (Å²) in [5, 5.41) is 14.0. The van der Waals surface area contributed by atoms with E-state index >= 15 is 0 Å². The fourth-order valence-corrected chi connectivity index (χ4v) is 3.54. The molecule has 4 rings (SSSR count). The number of hydrogen-bond donors (Lipinski definition) is 0. The Morgan fingerprint density at radius 1 is 1.00 bits per heavy atom. The van der Waals surface area contributed by atoms with Crippen molar-refractivity contribution in [3.05, 3.63) is 70.8 Å². The highest BCUT2D eigenvalue weighted by molar-refractivity contribution is 7.98. The molecule has 8 heteroatoms. The molecule has 4 aromatic rings. The summed E-state index contributed by atoms with van der Waals surface area (Å²) in [7, 11) is 0. The Kier molecular flexibility index (Phi) is 4.96. The van der Waals surface area contributed by atoms with Gasteiger partial charge in [0.2, 0.25) is 11.7 Å². The Morgan fingerprint density at radius 3 is 2.48 bits per heavy atom. The normalized spacial score (nSPS) is 11.1. The van der Waals surface area contributed by atoms with Crippen LogP contribution in [0.15, 0.2) is 58.2 Å². The molecule has 0 unspecified atom stereocenters. The fourth-order valence-electron chi connectivity index (χ4n) is 2.58. The van der Waals surface area contributed by atoms with Crippen LogP contribution in [0.1, 0.15) is 17.3 Å². The van der Waals surface area contributed by atoms with Gasteiger partial charge in [0.05, 0.1) is 5.75 Å². The molecule has 2 heterocycles. The molecule has 0 atom stereocenters. The van der Waals surface area contributed by atoms with Gasteiger partial charge in [-0.05, 0) is 50.2 Å². The van der Waals surface area contributed by atoms with Gasteiger partial charge in [0, 0.05) is 16.3 Å². The zero-order valence-corrected chi connectivity index (χ0v) is 16.3. The molecule has 0 aliphatic rings. The smallest absolute Gasteiger partial charge is 0.237 e. The van der Waals surface area contributed by atoms with Crippen LogP contribution in [-0.2, 0) is 5.75 Å². The summed E-state index contributed by atoms with van der Waals surface area (Å²) >= 11 is 7.42. The summed E-state index contributed by atoms with van der Waals surface area (Å²) in [4.78, 5) is 4.45. The summed E-state index contributed by atoms with van der Waals surface area (Å²) in [5.74, 6) is 2.40. The quantitative estimate of drug-likeness (QED) is 0.447. The maximum Gasteiger partial charge on any atom is 0.237 e. The van der Waals surface area contributed by atoms with Crippen molar-refractivity contribution in [3.63, 3.8) is 0 Å². The van der Waals surface area contributed by atoms with Crippen molar-refractivity contribution in [1.29, 1.82) is 0 Å². The number of hydrogen-bond acceptors (Lipinski definition) is 6. The molecule has 6 nitrogen and oxygen atoms in total. The average Bonchev–Trinajstić information content (AvgIpc) is 3.28. The lowest BCUT2D eigenvalue weighted by molar-refractivity contribution is 0.391. The van der Waals surface area contributed by atoms with Gasteiger partial charge in [0.15, 0.2) is 5.16 Å². The Labute approximate surface area is 165 Å². The first-order chi connectivity index (χ1) is 13.1. The predicted octanol–water partition coefficient (Wildman–Crippen LogP) is 4.88. The predicted molar refractivity (Wildman–Crippen MR) is 105 cm³/mol. The van der Waals surface area contributed by atoms with E-state index in [0.717, 1.165) is 22.2 Å². The van der Waals surface area contributed by atoms with Crippen molar-refractivity contribution in [2.45, 2.75) is 24.8 Å². The third-order valence-electron chi connectivity index (χ3n) is 3.98. The van der Waals surface area contributed by atoms with Crippen LogP contribution in [0.3, 0.4) is 0 Å². The van der Waals surface area contributed by atoms with Gasteiger partial charge in [0.25, 0.3) is 0 Å². The Balaban J connectivity index is 1.51. The second kappa shape index (κ2) is 7.54. The highest BCUT2D eigenvalue weighted by Crippen LogP contribution is 2.26. The van der Waals surface area contributed by atoms with Crippen LogP contribution < -0.4 is 0 Å². The maximum absolute atomic E-state index is 5.92. The van der Waals surface area contributed by atoms with Gasteiger partial charge >= 0.3 is 0 Å². The minimum atomic E-state index is 0.505. The van der Waals surface area contributed by atoms with E-state index in [1.54, 1.807) is 12.1 Å². The monoisotopic (exact) mass is 397 g/mol. The molecular weight excluding hydrogens is 382 g/mol. The molecule has 0 saturated carbocycles. The SMILES string of the molecule is Cc1ccc(-n2c(C)nnc2SCc2nc(-c3ccc(Cl)cc3)no2)cc1. The standard InChI is InChI=1S/C19H16ClN5OS/c1-12-3-9-16(10-4-12)25-13(2)22-23-19(25)27-11-17-21-18(24-26-17)14-5-7-15(20)8-6-14/h3-10H,11H2,1-2H3. The van der Waals surface area contributed by atoms with E-state index in [0.29, 0.717) is 22.5 Å². The van der Waals surface area contributed by atoms with E-state index in [2.05, 4.69) is 51.5 Å². The van der Waals surface area contributed by atoms with Crippen molar-refractivity contribution in [2.75, 3.05) is 0 Å². The molecule has 0 aliphatic heterocycles. The Bertz CT molecular complexity index is 1060. The molecule has 2 aromatic heterocycles. The van der Waals surface area contributed by atoms with E-state index in [9.17, 15) is 0 Å². The van der Waals surface area contributed by atoms with Crippen LogP contribution in [-0.4, -0.2) is 24.9 Å². The fraction of sp³-hybridized carbons (Fsp3) is 0.158. The van der Waals surface area contributed by atoms with Gasteiger partial charge in [-0.1, -0.05) is 46.2 Å². The number of halogens is 1. The van der Waals surface area contributed by atoms with Gasteiger partial charge in [0.1, 0.15) is 5.82 Å². The van der Waals surface area contributed by atoms with E-state index in [4.69, 9.17) is 16.1 Å². The largest absolute Gasteiger partial charge is 0.338 e. The molecule has 0 saturated heterocycles. The van der Waals surface area contributed by atoms with Crippen LogP contribution in [0.5, 0.6) is 0 Å². The molecule has 27 heavy (non-hydrogen) atoms. The van der Waals surface area contributed by atoms with Crippen LogP contribution >= 0.6 is 23.4 Å². The molecule has 0 bridgehead atoms. The second-order valence-corrected chi connectivity index (χ2v) is 7.39. The summed E-state index contributed by atoms with van der Waals surface area (Å²) in [6, 6.07) is 15.6.